The zero-order valence-electron chi connectivity index (χ0n) is 8.85. The Balaban J connectivity index is 4.00. The highest BCUT2D eigenvalue weighted by molar-refractivity contribution is 6.17. The molecule has 84 valence electrons. The Morgan fingerprint density at radius 1 is 1.53 bits per heavy atom. The molecule has 0 aliphatic carbocycles. The first-order valence-corrected chi connectivity index (χ1v) is 5.47. The van der Waals surface area contributed by atoms with Crippen molar-refractivity contribution in [3.8, 4) is 6.07 Å². The summed E-state index contributed by atoms with van der Waals surface area (Å²) in [5.41, 5.74) is 0.0954. The lowest BCUT2D eigenvalue weighted by Crippen LogP contribution is -2.26. The van der Waals surface area contributed by atoms with Gasteiger partial charge in [-0.2, -0.15) is 5.26 Å². The molecule has 0 spiro atoms. The molecule has 0 heterocycles. The number of nitriles is 1. The molecule has 0 aromatic carbocycles. The normalized spacial score (nSPS) is 10.6. The van der Waals surface area contributed by atoms with Crippen LogP contribution in [0.4, 0.5) is 0 Å². The fourth-order valence-electron chi connectivity index (χ4n) is 0.831. The third kappa shape index (κ3) is 6.81. The number of halogens is 1. The van der Waals surface area contributed by atoms with Crippen LogP contribution in [-0.4, -0.2) is 24.9 Å². The number of amides is 1. The zero-order chi connectivity index (χ0) is 11.5. The molecular formula is C10H16ClN3O. The Morgan fingerprint density at radius 2 is 2.27 bits per heavy atom. The molecule has 5 heteroatoms. The number of nitrogens with zero attached hydrogens (tertiary/aromatic N) is 1. The van der Waals surface area contributed by atoms with Crippen molar-refractivity contribution in [3.05, 3.63) is 11.8 Å². The first kappa shape index (κ1) is 13.8. The van der Waals surface area contributed by atoms with E-state index in [0.29, 0.717) is 18.8 Å². The lowest BCUT2D eigenvalue weighted by molar-refractivity contribution is -0.117. The lowest BCUT2D eigenvalue weighted by Gasteiger charge is -2.02. The largest absolute Gasteiger partial charge is 0.390 e. The molecular weight excluding hydrogens is 214 g/mol. The number of hydrogen-bond donors (Lipinski definition) is 2. The van der Waals surface area contributed by atoms with Crippen LogP contribution in [-0.2, 0) is 4.79 Å². The van der Waals surface area contributed by atoms with Gasteiger partial charge in [-0.05, 0) is 12.8 Å². The van der Waals surface area contributed by atoms with Crippen molar-refractivity contribution in [2.45, 2.75) is 19.8 Å². The zero-order valence-corrected chi connectivity index (χ0v) is 9.60. The maximum Gasteiger partial charge on any atom is 0.263 e. The van der Waals surface area contributed by atoms with Crippen molar-refractivity contribution >= 4 is 17.5 Å². The third-order valence-corrected chi connectivity index (χ3v) is 1.87. The summed E-state index contributed by atoms with van der Waals surface area (Å²) in [6.07, 6.45) is 3.09. The van der Waals surface area contributed by atoms with Gasteiger partial charge in [-0.3, -0.25) is 4.79 Å². The van der Waals surface area contributed by atoms with Crippen LogP contribution in [0.1, 0.15) is 19.8 Å². The van der Waals surface area contributed by atoms with Crippen molar-refractivity contribution in [1.82, 2.24) is 10.6 Å². The van der Waals surface area contributed by atoms with Gasteiger partial charge in [-0.1, -0.05) is 6.92 Å². The van der Waals surface area contributed by atoms with Crippen LogP contribution >= 0.6 is 11.6 Å². The van der Waals surface area contributed by atoms with Gasteiger partial charge in [0.05, 0.1) is 0 Å². The second-order valence-corrected chi connectivity index (χ2v) is 3.30. The maximum atomic E-state index is 11.4. The minimum absolute atomic E-state index is 0.0954. The molecule has 2 N–H and O–H groups in total. The fourth-order valence-corrected chi connectivity index (χ4v) is 0.965. The number of carbonyl (C=O) groups is 1. The minimum Gasteiger partial charge on any atom is -0.390 e. The molecule has 0 aromatic heterocycles. The second-order valence-electron chi connectivity index (χ2n) is 2.92. The molecule has 0 saturated carbocycles. The molecule has 0 aliphatic heterocycles. The summed E-state index contributed by atoms with van der Waals surface area (Å²) in [5.74, 6) is 0.145. The van der Waals surface area contributed by atoms with Crippen molar-refractivity contribution in [3.63, 3.8) is 0 Å². The Labute approximate surface area is 95.3 Å². The topological polar surface area (TPSA) is 64.9 Å². The number of nitrogens with one attached hydrogen (secondary N) is 2. The maximum absolute atomic E-state index is 11.4. The summed E-state index contributed by atoms with van der Waals surface area (Å²) in [6.45, 7) is 3.25. The Morgan fingerprint density at radius 3 is 2.80 bits per heavy atom. The molecule has 1 amide bonds. The van der Waals surface area contributed by atoms with E-state index in [2.05, 4.69) is 10.6 Å². The van der Waals surface area contributed by atoms with E-state index in [9.17, 15) is 4.79 Å². The molecule has 0 radical (unpaired) electrons. The van der Waals surface area contributed by atoms with Crippen LogP contribution in [0.25, 0.3) is 0 Å². The van der Waals surface area contributed by atoms with Crippen molar-refractivity contribution in [2.75, 3.05) is 19.0 Å². The molecule has 0 saturated heterocycles. The van der Waals surface area contributed by atoms with E-state index in [1.54, 1.807) is 0 Å². The van der Waals surface area contributed by atoms with Gasteiger partial charge < -0.3 is 10.6 Å². The smallest absolute Gasteiger partial charge is 0.263 e. The van der Waals surface area contributed by atoms with E-state index < -0.39 is 0 Å². The van der Waals surface area contributed by atoms with Crippen molar-refractivity contribution in [1.29, 1.82) is 5.26 Å². The van der Waals surface area contributed by atoms with Crippen LogP contribution in [0, 0.1) is 11.3 Å². The van der Waals surface area contributed by atoms with Crippen LogP contribution in [0.3, 0.4) is 0 Å². The highest BCUT2D eigenvalue weighted by atomic mass is 35.5. The second kappa shape index (κ2) is 9.35. The standard InChI is InChI=1S/C10H16ClN3O/c1-2-5-13-8-9(7-12)10(15)14-6-3-4-11/h8,13H,2-6H2,1H3,(H,14,15)/b9-8-. The molecule has 0 rings (SSSR count). The fraction of sp³-hybridized carbons (Fsp3) is 0.600. The van der Waals surface area contributed by atoms with E-state index in [0.717, 1.165) is 13.0 Å². The Bertz CT molecular complexity index is 258. The van der Waals surface area contributed by atoms with E-state index >= 15 is 0 Å². The number of hydrogen-bond acceptors (Lipinski definition) is 3. The first-order valence-electron chi connectivity index (χ1n) is 4.94. The van der Waals surface area contributed by atoms with Crippen LogP contribution in [0.15, 0.2) is 11.8 Å². The highest BCUT2D eigenvalue weighted by Gasteiger charge is 2.06. The average Bonchev–Trinajstić information content (AvgIpc) is 2.24. The summed E-state index contributed by atoms with van der Waals surface area (Å²) < 4.78 is 0. The number of carbonyl (C=O) groups excluding carboxylic acids is 1. The molecule has 4 nitrogen and oxygen atoms in total. The van der Waals surface area contributed by atoms with E-state index in [-0.39, 0.29) is 11.5 Å². The highest BCUT2D eigenvalue weighted by Crippen LogP contribution is 1.91. The van der Waals surface area contributed by atoms with Crippen LogP contribution in [0.2, 0.25) is 0 Å². The van der Waals surface area contributed by atoms with Crippen molar-refractivity contribution < 1.29 is 4.79 Å². The predicted octanol–water partition coefficient (Wildman–Crippen LogP) is 1.14. The molecule has 0 bridgehead atoms. The quantitative estimate of drug-likeness (QED) is 0.298. The molecule has 15 heavy (non-hydrogen) atoms. The summed E-state index contributed by atoms with van der Waals surface area (Å²) in [7, 11) is 0. The van der Waals surface area contributed by atoms with Crippen LogP contribution < -0.4 is 10.6 Å². The molecule has 0 atom stereocenters. The summed E-state index contributed by atoms with van der Waals surface area (Å²) in [6, 6.07) is 1.84. The number of alkyl halides is 1. The van der Waals surface area contributed by atoms with Crippen molar-refractivity contribution in [2.24, 2.45) is 0 Å². The van der Waals surface area contributed by atoms with Gasteiger partial charge in [0.25, 0.3) is 5.91 Å². The predicted molar refractivity (Wildman–Crippen MR) is 60.3 cm³/mol. The van der Waals surface area contributed by atoms with Crippen LogP contribution in [0.5, 0.6) is 0 Å². The first-order chi connectivity index (χ1) is 7.26. The molecule has 0 unspecified atom stereocenters. The summed E-state index contributed by atoms with van der Waals surface area (Å²) in [5, 5.41) is 14.2. The molecule has 0 fully saturated rings. The Kier molecular flexibility index (Phi) is 8.59. The lowest BCUT2D eigenvalue weighted by atomic mass is 10.3. The molecule has 0 aliphatic rings. The number of rotatable bonds is 7. The third-order valence-electron chi connectivity index (χ3n) is 1.60. The van der Waals surface area contributed by atoms with E-state index in [4.69, 9.17) is 16.9 Å². The van der Waals surface area contributed by atoms with Gasteiger partial charge in [0, 0.05) is 25.2 Å². The van der Waals surface area contributed by atoms with E-state index in [1.807, 2.05) is 13.0 Å². The van der Waals surface area contributed by atoms with Gasteiger partial charge in [-0.15, -0.1) is 11.6 Å². The van der Waals surface area contributed by atoms with E-state index in [1.165, 1.54) is 6.20 Å². The van der Waals surface area contributed by atoms with Gasteiger partial charge in [0.15, 0.2) is 0 Å². The summed E-state index contributed by atoms with van der Waals surface area (Å²) in [4.78, 5) is 11.4. The molecule has 0 aromatic rings. The van der Waals surface area contributed by atoms with Gasteiger partial charge >= 0.3 is 0 Å². The average molecular weight is 230 g/mol. The SMILES string of the molecule is CCCN/C=C(/C#N)C(=O)NCCCCl. The summed E-state index contributed by atoms with van der Waals surface area (Å²) >= 11 is 5.46. The monoisotopic (exact) mass is 229 g/mol. The minimum atomic E-state index is -0.355. The van der Waals surface area contributed by atoms with Gasteiger partial charge in [0.2, 0.25) is 0 Å². The Hall–Kier alpha value is -1.21. The van der Waals surface area contributed by atoms with Gasteiger partial charge in [0.1, 0.15) is 11.6 Å². The van der Waals surface area contributed by atoms with Gasteiger partial charge in [-0.25, -0.2) is 0 Å².